The number of hydrogen-bond acceptors (Lipinski definition) is 5. The van der Waals surface area contributed by atoms with Gasteiger partial charge in [-0.1, -0.05) is 0 Å². The van der Waals surface area contributed by atoms with Crippen LogP contribution in [0.4, 0.5) is 0 Å². The monoisotopic (exact) mass is 316 g/mol. The predicted octanol–water partition coefficient (Wildman–Crippen LogP) is 0.322. The maximum atomic E-state index is 12.2. The van der Waals surface area contributed by atoms with Crippen LogP contribution in [0.5, 0.6) is 5.75 Å². The highest BCUT2D eigenvalue weighted by atomic mass is 32.2. The Balaban J connectivity index is 3.14. The fourth-order valence-electron chi connectivity index (χ4n) is 1.58. The Kier molecular flexibility index (Phi) is 6.13. The van der Waals surface area contributed by atoms with E-state index in [1.807, 2.05) is 0 Å². The minimum absolute atomic E-state index is 0.0469. The van der Waals surface area contributed by atoms with E-state index in [1.165, 1.54) is 46.5 Å². The van der Waals surface area contributed by atoms with Crippen LogP contribution in [-0.2, 0) is 14.8 Å². The van der Waals surface area contributed by atoms with Crippen molar-refractivity contribution >= 4 is 15.9 Å². The fourth-order valence-corrected chi connectivity index (χ4v) is 2.66. The Morgan fingerprint density at radius 3 is 2.48 bits per heavy atom. The van der Waals surface area contributed by atoms with Crippen LogP contribution in [0.3, 0.4) is 0 Å². The summed E-state index contributed by atoms with van der Waals surface area (Å²) in [6, 6.07) is 4.27. The Morgan fingerprint density at radius 1 is 1.29 bits per heavy atom. The average Bonchev–Trinajstić information content (AvgIpc) is 2.46. The molecule has 1 N–H and O–H groups in total. The number of nitrogens with zero attached hydrogens (tertiary/aromatic N) is 1. The second-order valence-corrected chi connectivity index (χ2v) is 6.52. The summed E-state index contributed by atoms with van der Waals surface area (Å²) in [6.07, 6.45) is 0. The molecule has 118 valence electrons. The van der Waals surface area contributed by atoms with Gasteiger partial charge in [-0.15, -0.1) is 0 Å². The quantitative estimate of drug-likeness (QED) is 0.732. The van der Waals surface area contributed by atoms with E-state index in [9.17, 15) is 13.2 Å². The van der Waals surface area contributed by atoms with Gasteiger partial charge in [0.15, 0.2) is 0 Å². The number of rotatable bonds is 7. The van der Waals surface area contributed by atoms with Crippen molar-refractivity contribution < 1.29 is 22.7 Å². The molecule has 0 aliphatic rings. The molecule has 0 aliphatic heterocycles. The van der Waals surface area contributed by atoms with Crippen LogP contribution >= 0.6 is 0 Å². The van der Waals surface area contributed by atoms with Crippen molar-refractivity contribution in [3.05, 3.63) is 23.8 Å². The fraction of sp³-hybridized carbons (Fsp3) is 0.462. The minimum Gasteiger partial charge on any atom is -0.495 e. The van der Waals surface area contributed by atoms with Gasteiger partial charge < -0.3 is 14.8 Å². The largest absolute Gasteiger partial charge is 0.495 e. The Hall–Kier alpha value is -1.64. The molecule has 0 unspecified atom stereocenters. The van der Waals surface area contributed by atoms with Gasteiger partial charge in [-0.2, -0.15) is 0 Å². The van der Waals surface area contributed by atoms with E-state index in [0.717, 1.165) is 4.31 Å². The van der Waals surface area contributed by atoms with E-state index in [2.05, 4.69) is 5.32 Å². The molecule has 1 rings (SSSR count). The molecule has 0 aromatic heterocycles. The first kappa shape index (κ1) is 17.4. The van der Waals surface area contributed by atoms with Crippen molar-refractivity contribution in [2.45, 2.75) is 4.90 Å². The van der Waals surface area contributed by atoms with Gasteiger partial charge in [-0.25, -0.2) is 12.7 Å². The summed E-state index contributed by atoms with van der Waals surface area (Å²) in [5.41, 5.74) is 0.243. The molecular weight excluding hydrogens is 296 g/mol. The van der Waals surface area contributed by atoms with E-state index in [-0.39, 0.29) is 22.1 Å². The zero-order valence-electron chi connectivity index (χ0n) is 12.5. The number of hydrogen-bond donors (Lipinski definition) is 1. The molecule has 0 saturated heterocycles. The van der Waals surface area contributed by atoms with Crippen molar-refractivity contribution in [3.8, 4) is 5.75 Å². The number of methoxy groups -OCH3 is 2. The molecule has 0 saturated carbocycles. The van der Waals surface area contributed by atoms with Crippen LogP contribution in [0.25, 0.3) is 0 Å². The topological polar surface area (TPSA) is 84.9 Å². The molecule has 8 heteroatoms. The zero-order valence-corrected chi connectivity index (χ0v) is 13.4. The summed E-state index contributed by atoms with van der Waals surface area (Å²) in [5.74, 6) is -0.179. The second-order valence-electron chi connectivity index (χ2n) is 4.40. The number of benzene rings is 1. The number of carbonyl (C=O) groups excluding carboxylic acids is 1. The lowest BCUT2D eigenvalue weighted by atomic mass is 10.2. The summed E-state index contributed by atoms with van der Waals surface area (Å²) < 4.78 is 35.4. The van der Waals surface area contributed by atoms with Crippen molar-refractivity contribution in [1.82, 2.24) is 9.62 Å². The lowest BCUT2D eigenvalue weighted by Crippen LogP contribution is -2.28. The lowest BCUT2D eigenvalue weighted by molar-refractivity contribution is 0.0937. The first-order valence-electron chi connectivity index (χ1n) is 6.22. The summed E-state index contributed by atoms with van der Waals surface area (Å²) in [4.78, 5) is 11.9. The molecule has 0 heterocycles. The Bertz CT molecular complexity index is 599. The molecule has 21 heavy (non-hydrogen) atoms. The van der Waals surface area contributed by atoms with E-state index < -0.39 is 10.0 Å². The molecule has 0 aliphatic carbocycles. The normalized spacial score (nSPS) is 11.5. The van der Waals surface area contributed by atoms with Gasteiger partial charge in [0.1, 0.15) is 10.6 Å². The smallest absolute Gasteiger partial charge is 0.251 e. The third-order valence-electron chi connectivity index (χ3n) is 2.78. The molecule has 0 spiro atoms. The van der Waals surface area contributed by atoms with Gasteiger partial charge >= 0.3 is 0 Å². The van der Waals surface area contributed by atoms with E-state index in [1.54, 1.807) is 0 Å². The van der Waals surface area contributed by atoms with E-state index >= 15 is 0 Å². The highest BCUT2D eigenvalue weighted by Gasteiger charge is 2.23. The summed E-state index contributed by atoms with van der Waals surface area (Å²) in [5, 5.41) is 2.63. The second kappa shape index (κ2) is 7.39. The van der Waals surface area contributed by atoms with Crippen LogP contribution in [-0.4, -0.2) is 60.1 Å². The average molecular weight is 316 g/mol. The molecule has 0 radical (unpaired) electrons. The molecule has 1 amide bonds. The molecular formula is C13H20N2O5S. The van der Waals surface area contributed by atoms with Gasteiger partial charge in [-0.3, -0.25) is 4.79 Å². The summed E-state index contributed by atoms with van der Waals surface area (Å²) in [7, 11) is 2.04. The minimum atomic E-state index is -3.70. The molecule has 0 atom stereocenters. The van der Waals surface area contributed by atoms with Gasteiger partial charge in [-0.05, 0) is 18.2 Å². The van der Waals surface area contributed by atoms with Gasteiger partial charge in [0, 0.05) is 33.3 Å². The number of nitrogens with one attached hydrogen (secondary N) is 1. The third-order valence-corrected chi connectivity index (χ3v) is 4.61. The molecule has 0 fully saturated rings. The molecule has 7 nitrogen and oxygen atoms in total. The first-order valence-corrected chi connectivity index (χ1v) is 7.66. The summed E-state index contributed by atoms with van der Waals surface area (Å²) >= 11 is 0. The van der Waals surface area contributed by atoms with Crippen LogP contribution in [0.1, 0.15) is 10.4 Å². The molecule has 1 aromatic rings. The van der Waals surface area contributed by atoms with Crippen LogP contribution < -0.4 is 10.1 Å². The standard InChI is InChI=1S/C13H20N2O5S/c1-15(2)21(17,18)12-9-10(5-6-11(12)20-4)13(16)14-7-8-19-3/h5-6,9H,7-8H2,1-4H3,(H,14,16). The number of amides is 1. The number of sulfonamides is 1. The Morgan fingerprint density at radius 2 is 1.95 bits per heavy atom. The first-order chi connectivity index (χ1) is 9.84. The molecule has 1 aromatic carbocycles. The highest BCUT2D eigenvalue weighted by Crippen LogP contribution is 2.26. The van der Waals surface area contributed by atoms with Crippen molar-refractivity contribution in [3.63, 3.8) is 0 Å². The SMILES string of the molecule is COCCNC(=O)c1ccc(OC)c(S(=O)(=O)N(C)C)c1. The third kappa shape index (κ3) is 4.16. The van der Waals surface area contributed by atoms with Crippen LogP contribution in [0.2, 0.25) is 0 Å². The van der Waals surface area contributed by atoms with Crippen molar-refractivity contribution in [1.29, 1.82) is 0 Å². The molecule has 0 bridgehead atoms. The van der Waals surface area contributed by atoms with Gasteiger partial charge in [0.25, 0.3) is 5.91 Å². The maximum absolute atomic E-state index is 12.2. The van der Waals surface area contributed by atoms with Crippen molar-refractivity contribution in [2.24, 2.45) is 0 Å². The Labute approximate surface area is 124 Å². The zero-order chi connectivity index (χ0) is 16.0. The van der Waals surface area contributed by atoms with Crippen molar-refractivity contribution in [2.75, 3.05) is 41.5 Å². The van der Waals surface area contributed by atoms with E-state index in [0.29, 0.717) is 13.2 Å². The van der Waals surface area contributed by atoms with Gasteiger partial charge in [0.05, 0.1) is 13.7 Å². The maximum Gasteiger partial charge on any atom is 0.251 e. The van der Waals surface area contributed by atoms with Gasteiger partial charge in [0.2, 0.25) is 10.0 Å². The number of carbonyl (C=O) groups is 1. The summed E-state index contributed by atoms with van der Waals surface area (Å²) in [6.45, 7) is 0.724. The van der Waals surface area contributed by atoms with E-state index in [4.69, 9.17) is 9.47 Å². The highest BCUT2D eigenvalue weighted by molar-refractivity contribution is 7.89. The number of ether oxygens (including phenoxy) is 2. The van der Waals surface area contributed by atoms with Crippen LogP contribution in [0, 0.1) is 0 Å². The predicted molar refractivity (Wildman–Crippen MR) is 78.1 cm³/mol. The van der Waals surface area contributed by atoms with Crippen LogP contribution in [0.15, 0.2) is 23.1 Å². The lowest BCUT2D eigenvalue weighted by Gasteiger charge is -2.15.